The lowest BCUT2D eigenvalue weighted by atomic mass is 10.0. The third kappa shape index (κ3) is 4.13. The standard InChI is InChI=1S/C22H21F5N6O3/c23-8-1-2-12(25)10(3-8)14-4-9(24)6-33(14)22(36)16-15-20(28-7-29-21(15)32-31-16)30-13-5-11(19(26)27)17(34)18(13)35/h1-3,7,9,11,13-14,17-19,34-35H,4-6H2,(H2,28,29,30,31,32)/t9-,11+,13+,14+,17+,18-/m0/s1. The number of fused-ring (bicyclic) bond motifs is 1. The van der Waals surface area contributed by atoms with Crippen LogP contribution in [-0.4, -0.2) is 78.6 Å². The number of aromatic amines is 1. The second-order valence-corrected chi connectivity index (χ2v) is 8.96. The number of aromatic nitrogens is 4. The maximum atomic E-state index is 14.5. The first kappa shape index (κ1) is 24.3. The van der Waals surface area contributed by atoms with Crippen LogP contribution < -0.4 is 5.32 Å². The van der Waals surface area contributed by atoms with Gasteiger partial charge >= 0.3 is 0 Å². The Balaban J connectivity index is 1.48. The summed E-state index contributed by atoms with van der Waals surface area (Å²) in [6.07, 6.45) is -6.98. The molecule has 2 aromatic heterocycles. The lowest BCUT2D eigenvalue weighted by molar-refractivity contribution is -0.0333. The van der Waals surface area contributed by atoms with Gasteiger partial charge in [0.1, 0.15) is 36.1 Å². The molecule has 9 nitrogen and oxygen atoms in total. The largest absolute Gasteiger partial charge is 0.390 e. The highest BCUT2D eigenvalue weighted by atomic mass is 19.3. The quantitative estimate of drug-likeness (QED) is 0.387. The first-order valence-corrected chi connectivity index (χ1v) is 11.2. The Kier molecular flexibility index (Phi) is 6.24. The van der Waals surface area contributed by atoms with Crippen molar-refractivity contribution in [1.29, 1.82) is 0 Å². The van der Waals surface area contributed by atoms with Gasteiger partial charge in [-0.2, -0.15) is 5.10 Å². The molecule has 36 heavy (non-hydrogen) atoms. The normalized spacial score (nSPS) is 28.4. The van der Waals surface area contributed by atoms with E-state index in [0.717, 1.165) is 29.4 Å². The predicted octanol–water partition coefficient (Wildman–Crippen LogP) is 2.34. The van der Waals surface area contributed by atoms with E-state index in [-0.39, 0.29) is 41.0 Å². The molecule has 1 aromatic carbocycles. The summed E-state index contributed by atoms with van der Waals surface area (Å²) in [7, 11) is 0. The molecule has 0 spiro atoms. The van der Waals surface area contributed by atoms with Crippen molar-refractivity contribution in [3.63, 3.8) is 0 Å². The van der Waals surface area contributed by atoms with Crippen molar-refractivity contribution in [3.8, 4) is 0 Å². The molecule has 0 bridgehead atoms. The van der Waals surface area contributed by atoms with E-state index in [2.05, 4.69) is 25.5 Å². The number of benzene rings is 1. The van der Waals surface area contributed by atoms with E-state index < -0.39 is 66.9 Å². The third-order valence-electron chi connectivity index (χ3n) is 6.76. The Bertz CT molecular complexity index is 1290. The van der Waals surface area contributed by atoms with E-state index in [1.54, 1.807) is 0 Å². The highest BCUT2D eigenvalue weighted by Gasteiger charge is 2.46. The first-order valence-electron chi connectivity index (χ1n) is 11.2. The molecule has 0 radical (unpaired) electrons. The number of halogens is 5. The number of nitrogens with zero attached hydrogens (tertiary/aromatic N) is 4. The number of hydrogen-bond acceptors (Lipinski definition) is 7. The van der Waals surface area contributed by atoms with E-state index in [4.69, 9.17) is 0 Å². The number of aliphatic hydroxyl groups excluding tert-OH is 2. The van der Waals surface area contributed by atoms with E-state index in [9.17, 15) is 37.0 Å². The fourth-order valence-electron chi connectivity index (χ4n) is 4.97. The van der Waals surface area contributed by atoms with Crippen molar-refractivity contribution in [3.05, 3.63) is 47.4 Å². The van der Waals surface area contributed by atoms with Gasteiger partial charge in [0.2, 0.25) is 6.43 Å². The Labute approximate surface area is 200 Å². The summed E-state index contributed by atoms with van der Waals surface area (Å²) in [5.41, 5.74) is -0.361. The SMILES string of the molecule is O=C(c1n[nH]c2ncnc(N[C@@H]3C[C@@H](C(F)F)[C@@H](O)[C@H]3O)c12)N1C[C@@H](F)C[C@@H]1c1cc(F)ccc1F. The Morgan fingerprint density at radius 1 is 1.17 bits per heavy atom. The van der Waals surface area contributed by atoms with Crippen LogP contribution in [-0.2, 0) is 0 Å². The maximum Gasteiger partial charge on any atom is 0.275 e. The molecule has 192 valence electrons. The zero-order valence-electron chi connectivity index (χ0n) is 18.5. The van der Waals surface area contributed by atoms with Gasteiger partial charge in [-0.15, -0.1) is 0 Å². The molecule has 1 aliphatic carbocycles. The number of nitrogens with one attached hydrogen (secondary N) is 2. The third-order valence-corrected chi connectivity index (χ3v) is 6.76. The van der Waals surface area contributed by atoms with E-state index in [1.807, 2.05) is 0 Å². The molecule has 1 amide bonds. The summed E-state index contributed by atoms with van der Waals surface area (Å²) in [5.74, 6) is -3.86. The van der Waals surface area contributed by atoms with Crippen LogP contribution in [0.15, 0.2) is 24.5 Å². The van der Waals surface area contributed by atoms with Gasteiger partial charge in [0, 0.05) is 12.0 Å². The highest BCUT2D eigenvalue weighted by molar-refractivity contribution is 6.07. The zero-order valence-corrected chi connectivity index (χ0v) is 18.5. The summed E-state index contributed by atoms with van der Waals surface area (Å²) >= 11 is 0. The second kappa shape index (κ2) is 9.24. The summed E-state index contributed by atoms with van der Waals surface area (Å²) in [4.78, 5) is 22.5. The number of H-pyrrole nitrogens is 1. The lowest BCUT2D eigenvalue weighted by Gasteiger charge is -2.24. The van der Waals surface area contributed by atoms with Crippen LogP contribution in [0.2, 0.25) is 0 Å². The minimum absolute atomic E-state index is 0.0328. The van der Waals surface area contributed by atoms with Gasteiger partial charge in [0.15, 0.2) is 11.3 Å². The van der Waals surface area contributed by atoms with Crippen LogP contribution >= 0.6 is 0 Å². The molecule has 1 saturated heterocycles. The Morgan fingerprint density at radius 2 is 1.94 bits per heavy atom. The Hall–Kier alpha value is -3.39. The van der Waals surface area contributed by atoms with Crippen molar-refractivity contribution in [1.82, 2.24) is 25.1 Å². The molecule has 2 fully saturated rings. The van der Waals surface area contributed by atoms with Gasteiger partial charge < -0.3 is 20.4 Å². The number of carbonyl (C=O) groups excluding carboxylic acids is 1. The molecule has 6 atom stereocenters. The topological polar surface area (TPSA) is 127 Å². The minimum atomic E-state index is -2.86. The van der Waals surface area contributed by atoms with Crippen molar-refractivity contribution >= 4 is 22.8 Å². The number of aliphatic hydroxyl groups is 2. The zero-order chi connectivity index (χ0) is 25.7. The van der Waals surface area contributed by atoms with Gasteiger partial charge in [-0.1, -0.05) is 0 Å². The average molecular weight is 512 g/mol. The van der Waals surface area contributed by atoms with Crippen molar-refractivity contribution in [2.45, 2.75) is 49.7 Å². The fourth-order valence-corrected chi connectivity index (χ4v) is 4.97. The molecule has 1 saturated carbocycles. The van der Waals surface area contributed by atoms with Gasteiger partial charge in [0.05, 0.1) is 36.0 Å². The van der Waals surface area contributed by atoms with Crippen molar-refractivity contribution in [2.75, 3.05) is 11.9 Å². The van der Waals surface area contributed by atoms with Crippen LogP contribution in [0.1, 0.15) is 34.9 Å². The number of carbonyl (C=O) groups is 1. The van der Waals surface area contributed by atoms with Gasteiger partial charge in [-0.3, -0.25) is 9.89 Å². The molecule has 0 unspecified atom stereocenters. The molecular formula is C22H21F5N6O3. The summed E-state index contributed by atoms with van der Waals surface area (Å²) < 4.78 is 69.1. The van der Waals surface area contributed by atoms with Crippen molar-refractivity contribution < 1.29 is 37.0 Å². The van der Waals surface area contributed by atoms with Gasteiger partial charge in [-0.05, 0) is 24.6 Å². The minimum Gasteiger partial charge on any atom is -0.390 e. The number of anilines is 1. The molecule has 4 N–H and O–H groups in total. The molecule has 3 aromatic rings. The monoisotopic (exact) mass is 512 g/mol. The number of rotatable bonds is 5. The number of alkyl halides is 3. The second-order valence-electron chi connectivity index (χ2n) is 8.96. The molecule has 3 heterocycles. The fraction of sp³-hybridized carbons (Fsp3) is 0.455. The summed E-state index contributed by atoms with van der Waals surface area (Å²) in [5, 5.41) is 29.5. The maximum absolute atomic E-state index is 14.5. The molecule has 5 rings (SSSR count). The first-order chi connectivity index (χ1) is 17.2. The summed E-state index contributed by atoms with van der Waals surface area (Å²) in [6.45, 7) is -0.395. The smallest absolute Gasteiger partial charge is 0.275 e. The highest BCUT2D eigenvalue weighted by Crippen LogP contribution is 2.38. The molecular weight excluding hydrogens is 491 g/mol. The molecule has 1 aliphatic heterocycles. The number of hydrogen-bond donors (Lipinski definition) is 4. The van der Waals surface area contributed by atoms with E-state index in [0.29, 0.717) is 0 Å². The predicted molar refractivity (Wildman–Crippen MR) is 115 cm³/mol. The van der Waals surface area contributed by atoms with Crippen LogP contribution in [0.5, 0.6) is 0 Å². The van der Waals surface area contributed by atoms with E-state index >= 15 is 0 Å². The average Bonchev–Trinajstić information content (AvgIpc) is 3.52. The van der Waals surface area contributed by atoms with Gasteiger partial charge in [0.25, 0.3) is 5.91 Å². The number of likely N-dealkylation sites (tertiary alicyclic amines) is 1. The van der Waals surface area contributed by atoms with E-state index in [1.165, 1.54) is 0 Å². The van der Waals surface area contributed by atoms with Crippen molar-refractivity contribution in [2.24, 2.45) is 5.92 Å². The Morgan fingerprint density at radius 3 is 2.67 bits per heavy atom. The van der Waals surface area contributed by atoms with Crippen LogP contribution in [0.3, 0.4) is 0 Å². The summed E-state index contributed by atoms with van der Waals surface area (Å²) in [6, 6.07) is 0.590. The van der Waals surface area contributed by atoms with Gasteiger partial charge in [-0.25, -0.2) is 31.9 Å². The molecule has 14 heteroatoms. The lowest BCUT2D eigenvalue weighted by Crippen LogP contribution is -2.36. The van der Waals surface area contributed by atoms with Crippen LogP contribution in [0, 0.1) is 17.6 Å². The number of amides is 1. The van der Waals surface area contributed by atoms with Crippen LogP contribution in [0.4, 0.5) is 27.8 Å². The van der Waals surface area contributed by atoms with Crippen LogP contribution in [0.25, 0.3) is 11.0 Å². The molecule has 2 aliphatic rings.